The van der Waals surface area contributed by atoms with Gasteiger partial charge in [-0.15, -0.1) is 0 Å². The molecule has 0 atom stereocenters. The monoisotopic (exact) mass is 150 g/mol. The van der Waals surface area contributed by atoms with Crippen LogP contribution in [0.4, 0.5) is 0 Å². The molecule has 0 heterocycles. The van der Waals surface area contributed by atoms with Crippen LogP contribution in [0.5, 0.6) is 0 Å². The summed E-state index contributed by atoms with van der Waals surface area (Å²) in [7, 11) is 1.69. The first kappa shape index (κ1) is 9.82. The zero-order valence-corrected chi connectivity index (χ0v) is 7.26. The molecule has 0 amide bonds. The van der Waals surface area contributed by atoms with Crippen molar-refractivity contribution in [3.63, 3.8) is 0 Å². The molecule has 0 aliphatic carbocycles. The highest BCUT2D eigenvalue weighted by Crippen LogP contribution is 1.87. The van der Waals surface area contributed by atoms with Gasteiger partial charge in [0, 0.05) is 7.05 Å². The fourth-order valence-corrected chi connectivity index (χ4v) is 0.695. The van der Waals surface area contributed by atoms with Gasteiger partial charge in [-0.1, -0.05) is 12.2 Å². The predicted octanol–water partition coefficient (Wildman–Crippen LogP) is 2.23. The van der Waals surface area contributed by atoms with E-state index >= 15 is 0 Å². The Balaban J connectivity index is 4.41. The average Bonchev–Trinajstić information content (AvgIpc) is 2.00. The summed E-state index contributed by atoms with van der Waals surface area (Å²) in [6.45, 7) is 3.80. The van der Waals surface area contributed by atoms with Gasteiger partial charge in [0.25, 0.3) is 0 Å². The molecular weight excluding hydrogens is 136 g/mol. The van der Waals surface area contributed by atoms with Crippen LogP contribution in [0.2, 0.25) is 0 Å². The Bertz CT molecular complexity index is 210. The minimum absolute atomic E-state index is 0.452. The number of nitrogens with one attached hydrogen (secondary N) is 1. The van der Waals surface area contributed by atoms with Crippen LogP contribution in [0.25, 0.3) is 0 Å². The molecule has 0 spiro atoms. The molecule has 1 N–H and O–H groups in total. The van der Waals surface area contributed by atoms with Gasteiger partial charge in [0.1, 0.15) is 0 Å². The van der Waals surface area contributed by atoms with Gasteiger partial charge in [-0.2, -0.15) is 0 Å². The highest BCUT2D eigenvalue weighted by molar-refractivity contribution is 6.49. The van der Waals surface area contributed by atoms with Crippen molar-refractivity contribution in [1.82, 2.24) is 0 Å². The van der Waals surface area contributed by atoms with Crippen LogP contribution in [0.1, 0.15) is 13.8 Å². The lowest BCUT2D eigenvalue weighted by atomic mass is 10.2. The normalized spacial score (nSPS) is 13.2. The molecule has 0 radical (unpaired) electrons. The topological polar surface area (TPSA) is 36.2 Å². The fourth-order valence-electron chi connectivity index (χ4n) is 0.695. The number of aliphatic imine (C=N–C) groups is 1. The average molecular weight is 150 g/mol. The highest BCUT2D eigenvalue weighted by Gasteiger charge is 1.95. The largest absolute Gasteiger partial charge is 0.299 e. The second kappa shape index (κ2) is 5.59. The Morgan fingerprint density at radius 1 is 1.18 bits per heavy atom. The lowest BCUT2D eigenvalue weighted by Crippen LogP contribution is -2.06. The Morgan fingerprint density at radius 2 is 1.73 bits per heavy atom. The maximum atomic E-state index is 7.48. The van der Waals surface area contributed by atoms with Crippen molar-refractivity contribution in [2.45, 2.75) is 13.8 Å². The molecule has 0 aromatic rings. The van der Waals surface area contributed by atoms with Crippen LogP contribution in [-0.2, 0) is 0 Å². The van der Waals surface area contributed by atoms with Gasteiger partial charge in [0.05, 0.1) is 11.4 Å². The zero-order valence-electron chi connectivity index (χ0n) is 7.26. The van der Waals surface area contributed by atoms with E-state index in [9.17, 15) is 0 Å². The van der Waals surface area contributed by atoms with Crippen LogP contribution in [0, 0.1) is 5.41 Å². The maximum absolute atomic E-state index is 7.48. The van der Waals surface area contributed by atoms with Gasteiger partial charge in [0.15, 0.2) is 0 Å². The van der Waals surface area contributed by atoms with Crippen LogP contribution in [0.15, 0.2) is 29.3 Å². The number of hydrogen-bond donors (Lipinski definition) is 1. The van der Waals surface area contributed by atoms with Crippen molar-refractivity contribution in [2.75, 3.05) is 7.05 Å². The Hall–Kier alpha value is -1.18. The lowest BCUT2D eigenvalue weighted by Gasteiger charge is -1.94. The Kier molecular flexibility index (Phi) is 4.99. The van der Waals surface area contributed by atoms with Crippen LogP contribution in [-0.4, -0.2) is 18.5 Å². The van der Waals surface area contributed by atoms with E-state index in [1.807, 2.05) is 32.1 Å². The minimum atomic E-state index is 0.452. The van der Waals surface area contributed by atoms with Gasteiger partial charge >= 0.3 is 0 Å². The minimum Gasteiger partial charge on any atom is -0.299 e. The molecule has 0 saturated heterocycles. The molecule has 0 fully saturated rings. The molecule has 0 unspecified atom stereocenters. The molecule has 0 aliphatic heterocycles. The lowest BCUT2D eigenvalue weighted by molar-refractivity contribution is 1.44. The number of nitrogens with zero attached hydrogens (tertiary/aromatic N) is 1. The van der Waals surface area contributed by atoms with Crippen molar-refractivity contribution >= 4 is 11.4 Å². The van der Waals surface area contributed by atoms with Gasteiger partial charge in [-0.3, -0.25) is 10.4 Å². The van der Waals surface area contributed by atoms with E-state index in [0.29, 0.717) is 11.4 Å². The summed E-state index contributed by atoms with van der Waals surface area (Å²) >= 11 is 0. The first-order valence-corrected chi connectivity index (χ1v) is 3.57. The molecule has 11 heavy (non-hydrogen) atoms. The van der Waals surface area contributed by atoms with E-state index in [-0.39, 0.29) is 0 Å². The third-order valence-electron chi connectivity index (χ3n) is 1.17. The van der Waals surface area contributed by atoms with E-state index in [1.54, 1.807) is 13.1 Å². The first-order valence-electron chi connectivity index (χ1n) is 3.57. The number of hydrogen-bond acceptors (Lipinski definition) is 2. The summed E-state index contributed by atoms with van der Waals surface area (Å²) in [4.78, 5) is 3.95. The molecule has 0 aromatic carbocycles. The molecule has 0 aliphatic rings. The molecular formula is C9H14N2. The maximum Gasteiger partial charge on any atom is 0.0816 e. The summed E-state index contributed by atoms with van der Waals surface area (Å²) in [5.74, 6) is 0. The van der Waals surface area contributed by atoms with E-state index in [1.165, 1.54) is 0 Å². The van der Waals surface area contributed by atoms with Crippen LogP contribution < -0.4 is 0 Å². The van der Waals surface area contributed by atoms with Gasteiger partial charge < -0.3 is 0 Å². The number of rotatable bonds is 3. The van der Waals surface area contributed by atoms with Crippen molar-refractivity contribution in [2.24, 2.45) is 4.99 Å². The van der Waals surface area contributed by atoms with Crippen molar-refractivity contribution in [3.8, 4) is 0 Å². The van der Waals surface area contributed by atoms with Gasteiger partial charge in [0.2, 0.25) is 0 Å². The smallest absolute Gasteiger partial charge is 0.0816 e. The van der Waals surface area contributed by atoms with Crippen molar-refractivity contribution < 1.29 is 0 Å². The summed E-state index contributed by atoms with van der Waals surface area (Å²) in [5, 5.41) is 7.48. The van der Waals surface area contributed by atoms with Crippen LogP contribution in [0.3, 0.4) is 0 Å². The third-order valence-corrected chi connectivity index (χ3v) is 1.17. The molecule has 2 heteroatoms. The van der Waals surface area contributed by atoms with Crippen molar-refractivity contribution in [3.05, 3.63) is 24.3 Å². The fraction of sp³-hybridized carbons (Fsp3) is 0.333. The highest BCUT2D eigenvalue weighted by atomic mass is 14.7. The summed E-state index contributed by atoms with van der Waals surface area (Å²) in [5.41, 5.74) is 1.17. The molecule has 0 bridgehead atoms. The quantitative estimate of drug-likeness (QED) is 0.599. The third kappa shape index (κ3) is 3.50. The van der Waals surface area contributed by atoms with Gasteiger partial charge in [-0.05, 0) is 26.0 Å². The molecule has 0 aromatic heterocycles. The standard InChI is InChI=1S/C9H14N2/c1-4-6-8(10)9(11-3)7-5-2/h4-7,10H,1-3H3/b6-4-,7-5-,10-8?,11-9?. The summed E-state index contributed by atoms with van der Waals surface area (Å²) in [6.07, 6.45) is 7.25. The van der Waals surface area contributed by atoms with E-state index in [2.05, 4.69) is 4.99 Å². The molecule has 0 saturated carbocycles. The second-order valence-corrected chi connectivity index (χ2v) is 2.02. The van der Waals surface area contributed by atoms with Gasteiger partial charge in [-0.25, -0.2) is 0 Å². The zero-order chi connectivity index (χ0) is 8.69. The van der Waals surface area contributed by atoms with Crippen LogP contribution >= 0.6 is 0 Å². The number of allylic oxidation sites excluding steroid dienone is 4. The van der Waals surface area contributed by atoms with Crippen molar-refractivity contribution in [1.29, 1.82) is 5.41 Å². The Labute approximate surface area is 67.9 Å². The molecule has 2 nitrogen and oxygen atoms in total. The Morgan fingerprint density at radius 3 is 2.09 bits per heavy atom. The second-order valence-electron chi connectivity index (χ2n) is 2.02. The first-order chi connectivity index (χ1) is 5.26. The molecule has 60 valence electrons. The van der Waals surface area contributed by atoms with E-state index in [0.717, 1.165) is 0 Å². The van der Waals surface area contributed by atoms with E-state index in [4.69, 9.17) is 5.41 Å². The summed E-state index contributed by atoms with van der Waals surface area (Å²) in [6, 6.07) is 0. The molecule has 0 rings (SSSR count). The predicted molar refractivity (Wildman–Crippen MR) is 50.7 cm³/mol. The SMILES string of the molecule is C/C=C\C(=N)C(/C=C\C)=NC. The van der Waals surface area contributed by atoms with E-state index < -0.39 is 0 Å². The summed E-state index contributed by atoms with van der Waals surface area (Å²) < 4.78 is 0.